The molecule has 0 rings (SSSR count). The minimum atomic E-state index is -0.140. The number of methoxy groups -OCH3 is 1. The summed E-state index contributed by atoms with van der Waals surface area (Å²) in [6.45, 7) is 11.2. The van der Waals surface area contributed by atoms with E-state index in [-0.39, 0.29) is 5.97 Å². The van der Waals surface area contributed by atoms with Crippen LogP contribution in [0.15, 0.2) is 0 Å². The molecule has 0 aromatic rings. The van der Waals surface area contributed by atoms with Crippen molar-refractivity contribution in [2.24, 2.45) is 0 Å². The molecular formula is C28H56O11. The maximum atomic E-state index is 11.6. The normalized spacial score (nSPS) is 11.3. The fourth-order valence-corrected chi connectivity index (χ4v) is 3.12. The highest BCUT2D eigenvalue weighted by atomic mass is 16.6. The van der Waals surface area contributed by atoms with Crippen molar-refractivity contribution in [3.05, 3.63) is 0 Å². The Morgan fingerprint density at radius 1 is 0.410 bits per heavy atom. The summed E-state index contributed by atoms with van der Waals surface area (Å²) in [7, 11) is 1.64. The van der Waals surface area contributed by atoms with Crippen LogP contribution in [0.3, 0.4) is 0 Å². The Balaban J connectivity index is 3.09. The Morgan fingerprint density at radius 2 is 0.718 bits per heavy atom. The molecule has 0 bridgehead atoms. The van der Waals surface area contributed by atoms with Crippen molar-refractivity contribution in [1.82, 2.24) is 0 Å². The molecular weight excluding hydrogens is 512 g/mol. The number of rotatable bonds is 34. The average molecular weight is 569 g/mol. The third kappa shape index (κ3) is 35.1. The molecule has 0 aromatic heterocycles. The maximum absolute atomic E-state index is 11.6. The van der Waals surface area contributed by atoms with E-state index in [1.54, 1.807) is 7.11 Å². The van der Waals surface area contributed by atoms with E-state index in [0.717, 1.165) is 12.8 Å². The van der Waals surface area contributed by atoms with Gasteiger partial charge in [0.15, 0.2) is 0 Å². The number of esters is 1. The number of hydrogen-bond donors (Lipinski definition) is 0. The van der Waals surface area contributed by atoms with Crippen molar-refractivity contribution in [2.45, 2.75) is 51.9 Å². The van der Waals surface area contributed by atoms with E-state index in [9.17, 15) is 4.79 Å². The fraction of sp³-hybridized carbons (Fsp3) is 0.964. The molecule has 0 saturated carbocycles. The first kappa shape index (κ1) is 38.1. The molecule has 0 spiro atoms. The van der Waals surface area contributed by atoms with Gasteiger partial charge in [0.25, 0.3) is 0 Å². The zero-order valence-corrected chi connectivity index (χ0v) is 24.7. The van der Waals surface area contributed by atoms with Crippen LogP contribution in [0, 0.1) is 0 Å². The smallest absolute Gasteiger partial charge is 0.305 e. The highest BCUT2D eigenvalue weighted by Gasteiger charge is 2.02. The summed E-state index contributed by atoms with van der Waals surface area (Å²) >= 11 is 0. The van der Waals surface area contributed by atoms with Crippen molar-refractivity contribution in [3.8, 4) is 0 Å². The molecule has 0 aromatic carbocycles. The first-order chi connectivity index (χ1) is 19.3. The molecule has 11 nitrogen and oxygen atoms in total. The van der Waals surface area contributed by atoms with Gasteiger partial charge in [0.1, 0.15) is 6.61 Å². The van der Waals surface area contributed by atoms with Crippen LogP contribution in [0.4, 0.5) is 0 Å². The first-order valence-electron chi connectivity index (χ1n) is 14.6. The standard InChI is InChI=1S/C28H56O11/c1-3-4-5-6-7-8-9-28(29)39-27-26-38-25-24-37-23-22-36-21-20-35-19-18-34-17-16-33-15-14-32-13-12-31-11-10-30-2/h3-27H2,1-2H3. The van der Waals surface area contributed by atoms with Crippen LogP contribution in [0.25, 0.3) is 0 Å². The van der Waals surface area contributed by atoms with Gasteiger partial charge in [0.2, 0.25) is 0 Å². The summed E-state index contributed by atoms with van der Waals surface area (Å²) in [5, 5.41) is 0. The number of ether oxygens (including phenoxy) is 10. The lowest BCUT2D eigenvalue weighted by atomic mass is 10.1. The maximum Gasteiger partial charge on any atom is 0.305 e. The molecule has 0 radical (unpaired) electrons. The van der Waals surface area contributed by atoms with Crippen LogP contribution in [0.5, 0.6) is 0 Å². The van der Waals surface area contributed by atoms with E-state index in [2.05, 4.69) is 6.92 Å². The number of hydrogen-bond acceptors (Lipinski definition) is 11. The van der Waals surface area contributed by atoms with Crippen LogP contribution in [-0.4, -0.2) is 132 Å². The Morgan fingerprint density at radius 3 is 1.08 bits per heavy atom. The molecule has 0 aliphatic heterocycles. The minimum Gasteiger partial charge on any atom is -0.463 e. The predicted molar refractivity (Wildman–Crippen MR) is 147 cm³/mol. The summed E-state index contributed by atoms with van der Waals surface area (Å²) in [6.07, 6.45) is 7.45. The Hall–Kier alpha value is -0.890. The summed E-state index contributed by atoms with van der Waals surface area (Å²) in [5.74, 6) is -0.140. The minimum absolute atomic E-state index is 0.140. The van der Waals surface area contributed by atoms with Crippen molar-refractivity contribution in [2.75, 3.05) is 126 Å². The summed E-state index contributed by atoms with van der Waals surface area (Å²) in [5.41, 5.74) is 0. The molecule has 0 saturated heterocycles. The van der Waals surface area contributed by atoms with Gasteiger partial charge in [-0.05, 0) is 6.42 Å². The van der Waals surface area contributed by atoms with Gasteiger partial charge in [0.05, 0.1) is 112 Å². The molecule has 234 valence electrons. The van der Waals surface area contributed by atoms with Gasteiger partial charge in [0, 0.05) is 13.5 Å². The number of carbonyl (C=O) groups excluding carboxylic acids is 1. The van der Waals surface area contributed by atoms with Crippen LogP contribution in [-0.2, 0) is 52.2 Å². The number of carbonyl (C=O) groups is 1. The average Bonchev–Trinajstić information content (AvgIpc) is 2.94. The van der Waals surface area contributed by atoms with Gasteiger partial charge >= 0.3 is 5.97 Å². The molecule has 0 amide bonds. The Labute approximate surface area is 236 Å². The second-order valence-electron chi connectivity index (χ2n) is 8.63. The van der Waals surface area contributed by atoms with E-state index in [1.165, 1.54) is 25.7 Å². The molecule has 0 N–H and O–H groups in total. The van der Waals surface area contributed by atoms with Crippen LogP contribution < -0.4 is 0 Å². The lowest BCUT2D eigenvalue weighted by molar-refractivity contribution is -0.145. The second-order valence-corrected chi connectivity index (χ2v) is 8.63. The molecule has 0 heterocycles. The summed E-state index contributed by atoms with van der Waals surface area (Å²) in [6, 6.07) is 0. The van der Waals surface area contributed by atoms with E-state index in [1.807, 2.05) is 0 Å². The van der Waals surface area contributed by atoms with Gasteiger partial charge in [-0.1, -0.05) is 39.0 Å². The van der Waals surface area contributed by atoms with Crippen molar-refractivity contribution in [3.63, 3.8) is 0 Å². The largest absolute Gasteiger partial charge is 0.463 e. The molecule has 39 heavy (non-hydrogen) atoms. The van der Waals surface area contributed by atoms with Crippen LogP contribution in [0.1, 0.15) is 51.9 Å². The zero-order chi connectivity index (χ0) is 28.3. The van der Waals surface area contributed by atoms with Gasteiger partial charge in [-0.15, -0.1) is 0 Å². The van der Waals surface area contributed by atoms with E-state index >= 15 is 0 Å². The fourth-order valence-electron chi connectivity index (χ4n) is 3.12. The quantitative estimate of drug-likeness (QED) is 0.0844. The highest BCUT2D eigenvalue weighted by molar-refractivity contribution is 5.69. The monoisotopic (exact) mass is 568 g/mol. The van der Waals surface area contributed by atoms with Gasteiger partial charge in [-0.3, -0.25) is 4.79 Å². The van der Waals surface area contributed by atoms with Gasteiger partial charge < -0.3 is 47.4 Å². The van der Waals surface area contributed by atoms with E-state index in [0.29, 0.717) is 125 Å². The zero-order valence-electron chi connectivity index (χ0n) is 24.7. The highest BCUT2D eigenvalue weighted by Crippen LogP contribution is 2.07. The van der Waals surface area contributed by atoms with Gasteiger partial charge in [-0.2, -0.15) is 0 Å². The SMILES string of the molecule is CCCCCCCCC(=O)OCCOCCOCCOCCOCCOCCOCCOCCOCCOC. The van der Waals surface area contributed by atoms with E-state index in [4.69, 9.17) is 47.4 Å². The van der Waals surface area contributed by atoms with Crippen molar-refractivity contribution >= 4 is 5.97 Å². The lowest BCUT2D eigenvalue weighted by Crippen LogP contribution is -2.15. The molecule has 0 aliphatic rings. The van der Waals surface area contributed by atoms with Crippen LogP contribution in [0.2, 0.25) is 0 Å². The summed E-state index contributed by atoms with van der Waals surface area (Å²) in [4.78, 5) is 11.6. The van der Waals surface area contributed by atoms with E-state index < -0.39 is 0 Å². The predicted octanol–water partition coefficient (Wildman–Crippen LogP) is 3.06. The molecule has 0 fully saturated rings. The second kappa shape index (κ2) is 35.1. The van der Waals surface area contributed by atoms with Crippen molar-refractivity contribution < 1.29 is 52.2 Å². The molecule has 0 aliphatic carbocycles. The topological polar surface area (TPSA) is 109 Å². The molecule has 11 heteroatoms. The third-order valence-corrected chi connectivity index (χ3v) is 5.26. The first-order valence-corrected chi connectivity index (χ1v) is 14.6. The van der Waals surface area contributed by atoms with Crippen LogP contribution >= 0.6 is 0 Å². The molecule has 0 unspecified atom stereocenters. The lowest BCUT2D eigenvalue weighted by Gasteiger charge is -2.09. The number of unbranched alkanes of at least 4 members (excludes halogenated alkanes) is 5. The Bertz CT molecular complexity index is 469. The van der Waals surface area contributed by atoms with Gasteiger partial charge in [-0.25, -0.2) is 0 Å². The van der Waals surface area contributed by atoms with Crippen molar-refractivity contribution in [1.29, 1.82) is 0 Å². The Kier molecular flexibility index (Phi) is 34.3. The summed E-state index contributed by atoms with van der Waals surface area (Å²) < 4.78 is 53.4. The molecule has 0 atom stereocenters. The third-order valence-electron chi connectivity index (χ3n) is 5.26.